The molecule has 1 aromatic rings. The summed E-state index contributed by atoms with van der Waals surface area (Å²) in [5, 5.41) is 0. The summed E-state index contributed by atoms with van der Waals surface area (Å²) in [6, 6.07) is 7.23. The van der Waals surface area contributed by atoms with Crippen LogP contribution in [0.4, 0.5) is 10.5 Å². The number of hydrogen-bond acceptors (Lipinski definition) is 6. The van der Waals surface area contributed by atoms with E-state index in [-0.39, 0.29) is 44.5 Å². The van der Waals surface area contributed by atoms with Gasteiger partial charge in [-0.05, 0) is 18.9 Å². The van der Waals surface area contributed by atoms with Crippen LogP contribution in [0.3, 0.4) is 0 Å². The van der Waals surface area contributed by atoms with Gasteiger partial charge in [0.25, 0.3) is 0 Å². The number of carbonyl (C=O) groups is 3. The second kappa shape index (κ2) is 10.8. The Labute approximate surface area is 171 Å². The molecule has 0 aliphatic carbocycles. The van der Waals surface area contributed by atoms with E-state index in [1.807, 2.05) is 26.0 Å². The van der Waals surface area contributed by atoms with Crippen molar-refractivity contribution in [1.82, 2.24) is 4.90 Å². The zero-order chi connectivity index (χ0) is 21.4. The third-order valence-electron chi connectivity index (χ3n) is 4.53. The quantitative estimate of drug-likeness (QED) is 0.676. The lowest BCUT2D eigenvalue weighted by atomic mass is 10.1. The highest BCUT2D eigenvalue weighted by Gasteiger charge is 2.31. The first kappa shape index (κ1) is 22.7. The smallest absolute Gasteiger partial charge is 0.409 e. The number of hydrogen-bond donors (Lipinski definition) is 0. The summed E-state index contributed by atoms with van der Waals surface area (Å²) in [5.41, 5.74) is 1.30. The van der Waals surface area contributed by atoms with Crippen LogP contribution in [0, 0.1) is 5.92 Å². The second-order valence-corrected chi connectivity index (χ2v) is 7.23. The maximum Gasteiger partial charge on any atom is 0.409 e. The normalized spacial score (nSPS) is 17.3. The summed E-state index contributed by atoms with van der Waals surface area (Å²) in [4.78, 5) is 40.5. The third-order valence-corrected chi connectivity index (χ3v) is 4.53. The van der Waals surface area contributed by atoms with Gasteiger partial charge in [0.2, 0.25) is 5.91 Å². The fourth-order valence-electron chi connectivity index (χ4n) is 3.10. The first-order valence-corrected chi connectivity index (χ1v) is 9.86. The molecule has 0 N–H and O–H groups in total. The molecule has 0 spiro atoms. The molecule has 0 saturated carbocycles. The van der Waals surface area contributed by atoms with E-state index in [9.17, 15) is 14.4 Å². The highest BCUT2D eigenvalue weighted by atomic mass is 16.6. The van der Waals surface area contributed by atoms with Crippen LogP contribution < -0.4 is 4.90 Å². The number of fused-ring (bicyclic) bond motifs is 1. The van der Waals surface area contributed by atoms with Crippen LogP contribution in [0.2, 0.25) is 0 Å². The van der Waals surface area contributed by atoms with Gasteiger partial charge in [-0.25, -0.2) is 4.79 Å². The van der Waals surface area contributed by atoms with Crippen molar-refractivity contribution in [2.75, 3.05) is 44.9 Å². The molecule has 1 atom stereocenters. The minimum Gasteiger partial charge on any atom is -0.465 e. The van der Waals surface area contributed by atoms with Gasteiger partial charge >= 0.3 is 12.1 Å². The molecule has 2 rings (SSSR count). The van der Waals surface area contributed by atoms with Gasteiger partial charge in [-0.3, -0.25) is 9.59 Å². The van der Waals surface area contributed by atoms with Crippen molar-refractivity contribution in [3.05, 3.63) is 29.8 Å². The molecule has 2 amide bonds. The summed E-state index contributed by atoms with van der Waals surface area (Å²) in [6.07, 6.45) is -0.903. The fourth-order valence-corrected chi connectivity index (χ4v) is 3.10. The number of esters is 1. The molecule has 8 nitrogen and oxygen atoms in total. The van der Waals surface area contributed by atoms with Crippen molar-refractivity contribution in [2.45, 2.75) is 33.3 Å². The maximum atomic E-state index is 13.0. The van der Waals surface area contributed by atoms with Gasteiger partial charge in [0.1, 0.15) is 12.6 Å². The molecular weight excluding hydrogens is 376 g/mol. The van der Waals surface area contributed by atoms with Gasteiger partial charge in [0, 0.05) is 25.6 Å². The number of methoxy groups -OCH3 is 1. The van der Waals surface area contributed by atoms with Gasteiger partial charge in [-0.1, -0.05) is 32.0 Å². The van der Waals surface area contributed by atoms with E-state index in [4.69, 9.17) is 14.2 Å². The molecule has 0 bridgehead atoms. The molecule has 0 saturated heterocycles. The molecule has 1 heterocycles. The molecule has 8 heteroatoms. The Morgan fingerprint density at radius 2 is 1.93 bits per heavy atom. The fraction of sp³-hybridized carbons (Fsp3) is 0.571. The van der Waals surface area contributed by atoms with Crippen LogP contribution in [0.5, 0.6) is 0 Å². The van der Waals surface area contributed by atoms with Gasteiger partial charge in [0.15, 0.2) is 0 Å². The van der Waals surface area contributed by atoms with Crippen molar-refractivity contribution < 1.29 is 28.6 Å². The number of ether oxygens (including phenoxy) is 3. The van der Waals surface area contributed by atoms with E-state index < -0.39 is 18.2 Å². The highest BCUT2D eigenvalue weighted by Crippen LogP contribution is 2.31. The van der Waals surface area contributed by atoms with Crippen molar-refractivity contribution >= 4 is 23.7 Å². The second-order valence-electron chi connectivity index (χ2n) is 7.23. The van der Waals surface area contributed by atoms with E-state index in [0.717, 1.165) is 5.56 Å². The average Bonchev–Trinajstić information content (AvgIpc) is 2.75. The van der Waals surface area contributed by atoms with E-state index in [2.05, 4.69) is 0 Å². The standard InChI is InChI=1S/C21H30N2O6/c1-5-28-20(25)13-23-17-9-7-6-8-16(17)18(27-4)12-22(11-10-19(23)24)21(26)29-14-15(2)3/h6-9,15,18H,5,10-14H2,1-4H3. The summed E-state index contributed by atoms with van der Waals surface area (Å²) >= 11 is 0. The zero-order valence-electron chi connectivity index (χ0n) is 17.6. The Morgan fingerprint density at radius 1 is 1.21 bits per heavy atom. The molecule has 0 radical (unpaired) electrons. The molecule has 29 heavy (non-hydrogen) atoms. The lowest BCUT2D eigenvalue weighted by molar-refractivity contribution is -0.142. The van der Waals surface area contributed by atoms with Crippen molar-refractivity contribution in [1.29, 1.82) is 0 Å². The zero-order valence-corrected chi connectivity index (χ0v) is 17.6. The molecule has 1 aliphatic heterocycles. The molecule has 0 aromatic heterocycles. The van der Waals surface area contributed by atoms with Crippen LogP contribution in [-0.4, -0.2) is 62.8 Å². The Balaban J connectivity index is 2.35. The van der Waals surface area contributed by atoms with Crippen molar-refractivity contribution in [3.8, 4) is 0 Å². The van der Waals surface area contributed by atoms with Crippen molar-refractivity contribution in [2.24, 2.45) is 5.92 Å². The number of para-hydroxylation sites is 1. The van der Waals surface area contributed by atoms with Gasteiger partial charge in [0.05, 0.1) is 25.4 Å². The van der Waals surface area contributed by atoms with Crippen LogP contribution >= 0.6 is 0 Å². The third kappa shape index (κ3) is 6.19. The summed E-state index contributed by atoms with van der Waals surface area (Å²) in [5.74, 6) is -0.557. The van der Waals surface area contributed by atoms with Crippen molar-refractivity contribution in [3.63, 3.8) is 0 Å². The van der Waals surface area contributed by atoms with Crippen LogP contribution in [0.25, 0.3) is 0 Å². The van der Waals surface area contributed by atoms with Gasteiger partial charge in [-0.15, -0.1) is 0 Å². The summed E-state index contributed by atoms with van der Waals surface area (Å²) < 4.78 is 16.0. The SMILES string of the molecule is CCOC(=O)CN1C(=O)CCN(C(=O)OCC(C)C)CC(OC)c2ccccc21. The minimum absolute atomic E-state index is 0.0565. The van der Waals surface area contributed by atoms with E-state index >= 15 is 0 Å². The number of anilines is 1. The van der Waals surface area contributed by atoms with E-state index in [0.29, 0.717) is 12.3 Å². The molecule has 1 aliphatic rings. The number of carbonyl (C=O) groups excluding carboxylic acids is 3. The Morgan fingerprint density at radius 3 is 2.59 bits per heavy atom. The molecular formula is C21H30N2O6. The molecule has 0 fully saturated rings. The van der Waals surface area contributed by atoms with Gasteiger partial charge < -0.3 is 24.0 Å². The number of benzene rings is 1. The Kier molecular flexibility index (Phi) is 8.45. The lowest BCUT2D eigenvalue weighted by Crippen LogP contribution is -2.39. The number of amides is 2. The number of rotatable bonds is 6. The minimum atomic E-state index is -0.489. The monoisotopic (exact) mass is 406 g/mol. The summed E-state index contributed by atoms with van der Waals surface area (Å²) in [6.45, 7) is 6.37. The van der Waals surface area contributed by atoms with Gasteiger partial charge in [-0.2, -0.15) is 0 Å². The predicted octanol–water partition coefficient (Wildman–Crippen LogP) is 2.77. The predicted molar refractivity (Wildman–Crippen MR) is 108 cm³/mol. The van der Waals surface area contributed by atoms with Crippen LogP contribution in [0.1, 0.15) is 38.9 Å². The highest BCUT2D eigenvalue weighted by molar-refractivity contribution is 5.98. The lowest BCUT2D eigenvalue weighted by Gasteiger charge is -2.27. The molecule has 1 unspecified atom stereocenters. The Hall–Kier alpha value is -2.61. The van der Waals surface area contributed by atoms with Crippen LogP contribution in [0.15, 0.2) is 24.3 Å². The maximum absolute atomic E-state index is 13.0. The van der Waals surface area contributed by atoms with E-state index in [1.54, 1.807) is 26.2 Å². The average molecular weight is 406 g/mol. The molecule has 1 aromatic carbocycles. The largest absolute Gasteiger partial charge is 0.465 e. The Bertz CT molecular complexity index is 721. The summed E-state index contributed by atoms with van der Waals surface area (Å²) in [7, 11) is 1.55. The topological polar surface area (TPSA) is 85.4 Å². The van der Waals surface area contributed by atoms with E-state index in [1.165, 1.54) is 9.80 Å². The molecule has 160 valence electrons. The first-order valence-electron chi connectivity index (χ1n) is 9.86. The van der Waals surface area contributed by atoms with Crippen LogP contribution in [-0.2, 0) is 23.8 Å². The first-order chi connectivity index (χ1) is 13.9. The number of nitrogens with zero attached hydrogens (tertiary/aromatic N) is 2.